The number of benzene rings is 1. The van der Waals surface area contributed by atoms with Crippen LogP contribution in [-0.2, 0) is 5.54 Å². The van der Waals surface area contributed by atoms with Gasteiger partial charge in [0.15, 0.2) is 11.6 Å². The van der Waals surface area contributed by atoms with Crippen LogP contribution in [0.4, 0.5) is 13.6 Å². The molecule has 0 saturated carbocycles. The maximum Gasteiger partial charge on any atom is 0.410 e. The highest BCUT2D eigenvalue weighted by Gasteiger charge is 2.50. The maximum absolute atomic E-state index is 14.3. The highest BCUT2D eigenvalue weighted by atomic mass is 79.9. The van der Waals surface area contributed by atoms with Crippen LogP contribution in [0.3, 0.4) is 0 Å². The fraction of sp³-hybridized carbons (Fsp3) is 0.429. The molecule has 6 nitrogen and oxygen atoms in total. The summed E-state index contributed by atoms with van der Waals surface area (Å²) < 4.78 is 47.9. The summed E-state index contributed by atoms with van der Waals surface area (Å²) in [5, 5.41) is 11.0. The van der Waals surface area contributed by atoms with Crippen molar-refractivity contribution in [3.05, 3.63) is 33.8 Å². The summed E-state index contributed by atoms with van der Waals surface area (Å²) >= 11 is 3.06. The Morgan fingerprint density at radius 1 is 1.33 bits per heavy atom. The Morgan fingerprint density at radius 3 is 2.46 bits per heavy atom. The second-order valence-corrected chi connectivity index (χ2v) is 9.79. The largest absolute Gasteiger partial charge is 0.465 e. The molecular weight excluding hydrogens is 410 g/mol. The summed E-state index contributed by atoms with van der Waals surface area (Å²) in [5.41, 5.74) is -1.75. The first-order valence-corrected chi connectivity index (χ1v) is 9.32. The molecule has 134 valence electrons. The smallest absolute Gasteiger partial charge is 0.410 e. The van der Waals surface area contributed by atoms with E-state index in [0.717, 1.165) is 6.07 Å². The number of nitrogens with one attached hydrogen (secondary N) is 1. The Balaban J connectivity index is 2.71. The lowest BCUT2D eigenvalue weighted by Gasteiger charge is -2.53. The zero-order valence-electron chi connectivity index (χ0n) is 13.1. The van der Waals surface area contributed by atoms with E-state index in [-0.39, 0.29) is 21.6 Å². The minimum Gasteiger partial charge on any atom is -0.465 e. The summed E-state index contributed by atoms with van der Waals surface area (Å²) in [4.78, 5) is 15.2. The van der Waals surface area contributed by atoms with E-state index in [1.54, 1.807) is 0 Å². The fourth-order valence-electron chi connectivity index (χ4n) is 2.51. The number of carbonyl (C=O) groups is 1. The van der Waals surface area contributed by atoms with E-state index in [1.165, 1.54) is 26.8 Å². The molecule has 1 aliphatic rings. The van der Waals surface area contributed by atoms with Crippen LogP contribution in [0.2, 0.25) is 0 Å². The van der Waals surface area contributed by atoms with Crippen LogP contribution in [-0.4, -0.2) is 36.6 Å². The van der Waals surface area contributed by atoms with Crippen LogP contribution < -0.4 is 5.32 Å². The lowest BCUT2D eigenvalue weighted by atomic mass is 9.93. The molecule has 0 spiro atoms. The van der Waals surface area contributed by atoms with Gasteiger partial charge in [-0.05, 0) is 32.9 Å². The van der Waals surface area contributed by atoms with E-state index >= 15 is 0 Å². The van der Waals surface area contributed by atoms with Crippen molar-refractivity contribution >= 4 is 38.4 Å². The quantitative estimate of drug-likeness (QED) is 0.506. The summed E-state index contributed by atoms with van der Waals surface area (Å²) in [6, 6.07) is 2.22. The van der Waals surface area contributed by atoms with Crippen molar-refractivity contribution in [2.75, 3.05) is 5.75 Å². The minimum atomic E-state index is -3.42. The van der Waals surface area contributed by atoms with Crippen molar-refractivity contribution in [1.29, 1.82) is 0 Å². The van der Waals surface area contributed by atoms with Gasteiger partial charge in [0.1, 0.15) is 16.1 Å². The third-order valence-corrected chi connectivity index (χ3v) is 7.28. The first kappa shape index (κ1) is 19.1. The van der Waals surface area contributed by atoms with Gasteiger partial charge in [0.05, 0.1) is 5.75 Å². The Kier molecular flexibility index (Phi) is 4.73. The van der Waals surface area contributed by atoms with Crippen molar-refractivity contribution in [3.8, 4) is 0 Å². The van der Waals surface area contributed by atoms with Gasteiger partial charge in [0.2, 0.25) is 0 Å². The normalized spacial score (nSPS) is 26.4. The molecule has 1 aromatic rings. The molecule has 1 aliphatic heterocycles. The van der Waals surface area contributed by atoms with Gasteiger partial charge >= 0.3 is 6.09 Å². The van der Waals surface area contributed by atoms with Crippen molar-refractivity contribution in [1.82, 2.24) is 5.32 Å². The molecule has 0 bridgehead atoms. The second-order valence-electron chi connectivity index (χ2n) is 6.23. The topological polar surface area (TPSA) is 102 Å². The molecular formula is C14H17BrF2N2O4S. The summed E-state index contributed by atoms with van der Waals surface area (Å²) in [5.74, 6) is -2.88. The third-order valence-electron chi connectivity index (χ3n) is 4.03. The zero-order chi connectivity index (χ0) is 18.5. The van der Waals surface area contributed by atoms with Crippen LogP contribution in [0.5, 0.6) is 0 Å². The third kappa shape index (κ3) is 3.15. The first-order valence-electron chi connectivity index (χ1n) is 6.81. The summed E-state index contributed by atoms with van der Waals surface area (Å²) in [7, 11) is -3.42. The van der Waals surface area contributed by atoms with Crippen LogP contribution >= 0.6 is 26.5 Å². The molecule has 2 rings (SSSR count). The van der Waals surface area contributed by atoms with Crippen molar-refractivity contribution in [3.63, 3.8) is 0 Å². The molecule has 0 fully saturated rings. The number of hydrogen-bond donors (Lipinski definition) is 4. The van der Waals surface area contributed by atoms with Crippen molar-refractivity contribution < 1.29 is 27.8 Å². The minimum absolute atomic E-state index is 0.200. The zero-order valence-corrected chi connectivity index (χ0v) is 15.5. The van der Waals surface area contributed by atoms with E-state index in [9.17, 15) is 22.7 Å². The number of aliphatic imine (C=N–C) groups is 1. The molecule has 0 aromatic heterocycles. The van der Waals surface area contributed by atoms with Gasteiger partial charge in [0.25, 0.3) is 0 Å². The van der Waals surface area contributed by atoms with Gasteiger partial charge in [-0.15, -0.1) is 0 Å². The van der Waals surface area contributed by atoms with Crippen LogP contribution in [0.15, 0.2) is 21.6 Å². The standard InChI is InChI=1S/C14H17BrF2N2O4S/c1-13(2)11(18-12(20)21)19-14(3,6-24(13,22)23)8-4-7(15)5-9(16)10(8)17/h4-5,22-23H,6H2,1-3H3,(H,18,19)(H,20,21). The molecule has 0 radical (unpaired) electrons. The predicted molar refractivity (Wildman–Crippen MR) is 91.8 cm³/mol. The van der Waals surface area contributed by atoms with Crippen LogP contribution in [0.1, 0.15) is 26.3 Å². The number of halogens is 3. The molecule has 24 heavy (non-hydrogen) atoms. The average molecular weight is 427 g/mol. The number of nitrogens with zero attached hydrogens (tertiary/aromatic N) is 1. The van der Waals surface area contributed by atoms with Crippen LogP contribution in [0.25, 0.3) is 0 Å². The second kappa shape index (κ2) is 5.94. The number of carboxylic acid groups (broad SMARTS) is 1. The molecule has 1 amide bonds. The molecule has 10 heteroatoms. The number of amides is 1. The number of amidine groups is 1. The summed E-state index contributed by atoms with van der Waals surface area (Å²) in [6.45, 7) is 4.24. The van der Waals surface area contributed by atoms with Crippen LogP contribution in [0, 0.1) is 11.6 Å². The van der Waals surface area contributed by atoms with E-state index in [1.807, 2.05) is 5.32 Å². The van der Waals surface area contributed by atoms with Crippen molar-refractivity contribution in [2.24, 2.45) is 4.99 Å². The Labute approximate surface area is 147 Å². The van der Waals surface area contributed by atoms with E-state index < -0.39 is 38.6 Å². The molecule has 1 heterocycles. The van der Waals surface area contributed by atoms with E-state index in [2.05, 4.69) is 20.9 Å². The fourth-order valence-corrected chi connectivity index (χ4v) is 4.71. The van der Waals surface area contributed by atoms with Gasteiger partial charge in [-0.3, -0.25) is 19.4 Å². The monoisotopic (exact) mass is 426 g/mol. The lowest BCUT2D eigenvalue weighted by Crippen LogP contribution is -2.55. The number of rotatable bonds is 1. The Morgan fingerprint density at radius 2 is 1.92 bits per heavy atom. The van der Waals surface area contributed by atoms with Gasteiger partial charge in [-0.25, -0.2) is 13.6 Å². The van der Waals surface area contributed by atoms with Gasteiger partial charge in [-0.1, -0.05) is 15.9 Å². The molecule has 0 saturated heterocycles. The van der Waals surface area contributed by atoms with E-state index in [4.69, 9.17) is 5.11 Å². The molecule has 1 unspecified atom stereocenters. The molecule has 4 N–H and O–H groups in total. The molecule has 0 aliphatic carbocycles. The number of hydrogen-bond acceptors (Lipinski definition) is 4. The SMILES string of the molecule is CC1(c2cc(Br)cc(F)c2F)CS(O)(O)C(C)(C)C(NC(=O)O)=N1. The lowest BCUT2D eigenvalue weighted by molar-refractivity contribution is 0.199. The Bertz CT molecular complexity index is 742. The van der Waals surface area contributed by atoms with Gasteiger partial charge in [0, 0.05) is 10.0 Å². The van der Waals surface area contributed by atoms with Gasteiger partial charge < -0.3 is 5.11 Å². The predicted octanol–water partition coefficient (Wildman–Crippen LogP) is 4.15. The highest BCUT2D eigenvalue weighted by Crippen LogP contribution is 2.59. The van der Waals surface area contributed by atoms with Gasteiger partial charge in [-0.2, -0.15) is 10.6 Å². The molecule has 1 aromatic carbocycles. The molecule has 1 atom stereocenters. The average Bonchev–Trinajstić information content (AvgIpc) is 2.39. The first-order chi connectivity index (χ1) is 10.8. The van der Waals surface area contributed by atoms with E-state index in [0.29, 0.717) is 0 Å². The summed E-state index contributed by atoms with van der Waals surface area (Å²) in [6.07, 6.45) is -1.44. The Hall–Kier alpha value is -1.23. The van der Waals surface area contributed by atoms with Crippen molar-refractivity contribution in [2.45, 2.75) is 31.1 Å². The highest BCUT2D eigenvalue weighted by molar-refractivity contribution is 9.10. The maximum atomic E-state index is 14.3.